The van der Waals surface area contributed by atoms with Crippen molar-refractivity contribution in [3.8, 4) is 0 Å². The van der Waals surface area contributed by atoms with E-state index in [2.05, 4.69) is 16.0 Å². The molecule has 1 aromatic rings. The van der Waals surface area contributed by atoms with Gasteiger partial charge < -0.3 is 42.7 Å². The first-order valence-electron chi connectivity index (χ1n) is 10.0. The third kappa shape index (κ3) is 9.64. The van der Waals surface area contributed by atoms with Gasteiger partial charge >= 0.3 is 5.97 Å². The highest BCUT2D eigenvalue weighted by atomic mass is 16.4. The standard InChI is InChI=1S/C20H29N5O8/c21-12(8-11-4-2-1-3-5-11)18(31)24-14(9-26)20(33)25-15(10-27)19(32)23-13(17(22)30)6-7-16(28)29/h1-5,12-15,26-27H,6-10,21H2,(H2,22,30)(H,23,32)(H,24,31)(H,25,33)(H,28,29)/t12-,13-,14-,15-/m0/s1. The van der Waals surface area contributed by atoms with Crippen molar-refractivity contribution < 1.29 is 39.3 Å². The number of hydrogen-bond donors (Lipinski definition) is 8. The van der Waals surface area contributed by atoms with Crippen molar-refractivity contribution >= 4 is 29.6 Å². The molecule has 0 heterocycles. The van der Waals surface area contributed by atoms with Gasteiger partial charge in [-0.15, -0.1) is 0 Å². The van der Waals surface area contributed by atoms with Crippen molar-refractivity contribution in [3.05, 3.63) is 35.9 Å². The van der Waals surface area contributed by atoms with Gasteiger partial charge in [0.2, 0.25) is 23.6 Å². The first-order chi connectivity index (χ1) is 15.6. The number of carboxylic acid groups (broad SMARTS) is 1. The Morgan fingerprint density at radius 3 is 1.76 bits per heavy atom. The van der Waals surface area contributed by atoms with Gasteiger partial charge in [-0.25, -0.2) is 0 Å². The van der Waals surface area contributed by atoms with E-state index in [1.54, 1.807) is 30.3 Å². The second kappa shape index (κ2) is 13.8. The Balaban J connectivity index is 2.70. The Labute approximate surface area is 189 Å². The summed E-state index contributed by atoms with van der Waals surface area (Å²) in [6.07, 6.45) is -0.567. The highest BCUT2D eigenvalue weighted by Crippen LogP contribution is 2.03. The molecule has 33 heavy (non-hydrogen) atoms. The van der Waals surface area contributed by atoms with Crippen LogP contribution < -0.4 is 27.4 Å². The maximum absolute atomic E-state index is 12.4. The number of carboxylic acids is 1. The maximum atomic E-state index is 12.4. The predicted octanol–water partition coefficient (Wildman–Crippen LogP) is -3.65. The van der Waals surface area contributed by atoms with Gasteiger partial charge in [0.15, 0.2) is 0 Å². The van der Waals surface area contributed by atoms with Crippen molar-refractivity contribution in [2.75, 3.05) is 13.2 Å². The molecule has 0 saturated heterocycles. The van der Waals surface area contributed by atoms with E-state index in [-0.39, 0.29) is 12.8 Å². The number of rotatable bonds is 14. The molecule has 0 radical (unpaired) electrons. The molecule has 1 rings (SSSR count). The van der Waals surface area contributed by atoms with Crippen molar-refractivity contribution in [1.29, 1.82) is 0 Å². The zero-order valence-electron chi connectivity index (χ0n) is 17.8. The number of amides is 4. The van der Waals surface area contributed by atoms with Gasteiger partial charge in [0.1, 0.15) is 18.1 Å². The molecular weight excluding hydrogens is 438 g/mol. The van der Waals surface area contributed by atoms with Crippen molar-refractivity contribution in [1.82, 2.24) is 16.0 Å². The summed E-state index contributed by atoms with van der Waals surface area (Å²) in [5.74, 6) is -4.94. The second-order valence-corrected chi connectivity index (χ2v) is 7.18. The number of nitrogens with two attached hydrogens (primary N) is 2. The molecule has 0 fully saturated rings. The monoisotopic (exact) mass is 467 g/mol. The van der Waals surface area contributed by atoms with Crippen LogP contribution in [0.3, 0.4) is 0 Å². The van der Waals surface area contributed by atoms with Crippen LogP contribution in [0.5, 0.6) is 0 Å². The van der Waals surface area contributed by atoms with E-state index in [1.165, 1.54) is 0 Å². The molecule has 1 aromatic carbocycles. The molecule has 0 aliphatic carbocycles. The van der Waals surface area contributed by atoms with E-state index in [1.807, 2.05) is 0 Å². The molecule has 0 aliphatic rings. The number of carbonyl (C=O) groups is 5. The summed E-state index contributed by atoms with van der Waals surface area (Å²) in [5.41, 5.74) is 11.8. The first-order valence-corrected chi connectivity index (χ1v) is 10.0. The van der Waals surface area contributed by atoms with Crippen LogP contribution in [-0.4, -0.2) is 82.3 Å². The van der Waals surface area contributed by atoms with Crippen LogP contribution in [0.2, 0.25) is 0 Å². The summed E-state index contributed by atoms with van der Waals surface area (Å²) >= 11 is 0. The number of aliphatic hydroxyl groups excluding tert-OH is 2. The summed E-state index contributed by atoms with van der Waals surface area (Å²) in [5, 5.41) is 34.2. The molecule has 0 bridgehead atoms. The lowest BCUT2D eigenvalue weighted by atomic mass is 10.1. The summed E-state index contributed by atoms with van der Waals surface area (Å²) in [4.78, 5) is 59.1. The lowest BCUT2D eigenvalue weighted by molar-refractivity contribution is -0.138. The SMILES string of the molecule is NC(=O)[C@H](CCC(=O)O)NC(=O)[C@H](CO)NC(=O)[C@H](CO)NC(=O)[C@@H](N)Cc1ccccc1. The van der Waals surface area contributed by atoms with E-state index in [0.29, 0.717) is 0 Å². The van der Waals surface area contributed by atoms with Crippen LogP contribution in [0.15, 0.2) is 30.3 Å². The topological polar surface area (TPSA) is 234 Å². The molecule has 0 aliphatic heterocycles. The molecule has 0 spiro atoms. The predicted molar refractivity (Wildman–Crippen MR) is 114 cm³/mol. The molecule has 13 heteroatoms. The van der Waals surface area contributed by atoms with E-state index in [4.69, 9.17) is 16.6 Å². The van der Waals surface area contributed by atoms with E-state index < -0.39 is 73.4 Å². The molecule has 4 amide bonds. The van der Waals surface area contributed by atoms with Gasteiger partial charge in [0.25, 0.3) is 0 Å². The molecular formula is C20H29N5O8. The Bertz CT molecular complexity index is 835. The summed E-state index contributed by atoms with van der Waals surface area (Å²) in [6, 6.07) is 3.48. The zero-order valence-corrected chi connectivity index (χ0v) is 17.8. The van der Waals surface area contributed by atoms with E-state index in [9.17, 15) is 34.2 Å². The van der Waals surface area contributed by atoms with Crippen molar-refractivity contribution in [3.63, 3.8) is 0 Å². The highest BCUT2D eigenvalue weighted by Gasteiger charge is 2.29. The van der Waals surface area contributed by atoms with Crippen LogP contribution in [0.25, 0.3) is 0 Å². The maximum Gasteiger partial charge on any atom is 0.303 e. The van der Waals surface area contributed by atoms with Crippen LogP contribution in [-0.2, 0) is 30.4 Å². The zero-order chi connectivity index (χ0) is 25.0. The molecule has 0 saturated carbocycles. The molecule has 182 valence electrons. The number of benzene rings is 1. The number of hydrogen-bond acceptors (Lipinski definition) is 8. The smallest absolute Gasteiger partial charge is 0.303 e. The van der Waals surface area contributed by atoms with Gasteiger partial charge in [-0.3, -0.25) is 24.0 Å². The fourth-order valence-corrected chi connectivity index (χ4v) is 2.73. The number of carbonyl (C=O) groups excluding carboxylic acids is 4. The molecule has 0 aromatic heterocycles. The fourth-order valence-electron chi connectivity index (χ4n) is 2.73. The van der Waals surface area contributed by atoms with E-state index in [0.717, 1.165) is 5.56 Å². The molecule has 4 atom stereocenters. The van der Waals surface area contributed by atoms with Crippen LogP contribution in [0, 0.1) is 0 Å². The minimum absolute atomic E-state index is 0.180. The number of aliphatic hydroxyl groups is 2. The first kappa shape index (κ1) is 27.5. The molecule has 0 unspecified atom stereocenters. The van der Waals surface area contributed by atoms with Gasteiger partial charge in [-0.2, -0.15) is 0 Å². The molecule has 10 N–H and O–H groups in total. The minimum Gasteiger partial charge on any atom is -0.481 e. The summed E-state index contributed by atoms with van der Waals surface area (Å²) in [6.45, 7) is -1.71. The lowest BCUT2D eigenvalue weighted by Gasteiger charge is -2.23. The largest absolute Gasteiger partial charge is 0.481 e. The third-order valence-corrected chi connectivity index (χ3v) is 4.57. The average Bonchev–Trinajstić information content (AvgIpc) is 2.78. The number of aliphatic carboxylic acids is 1. The third-order valence-electron chi connectivity index (χ3n) is 4.57. The highest BCUT2D eigenvalue weighted by molar-refractivity contribution is 5.94. The fraction of sp³-hybridized carbons (Fsp3) is 0.450. The Kier molecular flexibility index (Phi) is 11.5. The average molecular weight is 467 g/mol. The van der Waals surface area contributed by atoms with Gasteiger partial charge in [0, 0.05) is 6.42 Å². The Morgan fingerprint density at radius 1 is 0.818 bits per heavy atom. The van der Waals surface area contributed by atoms with Gasteiger partial charge in [0.05, 0.1) is 19.3 Å². The van der Waals surface area contributed by atoms with Crippen LogP contribution >= 0.6 is 0 Å². The summed E-state index contributed by atoms with van der Waals surface area (Å²) < 4.78 is 0. The Hall–Kier alpha value is -3.55. The number of primary amides is 1. The van der Waals surface area contributed by atoms with Crippen LogP contribution in [0.1, 0.15) is 18.4 Å². The van der Waals surface area contributed by atoms with Crippen molar-refractivity contribution in [2.24, 2.45) is 11.5 Å². The Morgan fingerprint density at radius 2 is 1.30 bits per heavy atom. The number of nitrogens with one attached hydrogen (secondary N) is 3. The minimum atomic E-state index is -1.56. The lowest BCUT2D eigenvalue weighted by Crippen LogP contribution is -2.59. The van der Waals surface area contributed by atoms with Crippen molar-refractivity contribution in [2.45, 2.75) is 43.4 Å². The second-order valence-electron chi connectivity index (χ2n) is 7.18. The van der Waals surface area contributed by atoms with E-state index >= 15 is 0 Å². The quantitative estimate of drug-likeness (QED) is 0.134. The van der Waals surface area contributed by atoms with Crippen LogP contribution in [0.4, 0.5) is 0 Å². The summed E-state index contributed by atoms with van der Waals surface area (Å²) in [7, 11) is 0. The molecule has 13 nitrogen and oxygen atoms in total. The van der Waals surface area contributed by atoms with Gasteiger partial charge in [-0.05, 0) is 18.4 Å². The normalized spacial score (nSPS) is 14.3. The van der Waals surface area contributed by atoms with Gasteiger partial charge in [-0.1, -0.05) is 30.3 Å².